The lowest BCUT2D eigenvalue weighted by atomic mass is 9.99. The zero-order chi connectivity index (χ0) is 14.5. The van der Waals surface area contributed by atoms with E-state index in [4.69, 9.17) is 5.26 Å². The molecule has 1 heterocycles. The van der Waals surface area contributed by atoms with Gasteiger partial charge in [0.2, 0.25) is 0 Å². The molecule has 3 heteroatoms. The molecule has 20 heavy (non-hydrogen) atoms. The third-order valence-electron chi connectivity index (χ3n) is 3.46. The molecule has 2 rings (SSSR count). The molecule has 104 valence electrons. The van der Waals surface area contributed by atoms with E-state index < -0.39 is 0 Å². The van der Waals surface area contributed by atoms with Gasteiger partial charge in [-0.05, 0) is 36.1 Å². The zero-order valence-electron chi connectivity index (χ0n) is 12.2. The second kappa shape index (κ2) is 6.69. The molecule has 1 N–H and O–H groups in total. The summed E-state index contributed by atoms with van der Waals surface area (Å²) in [6.07, 6.45) is 0. The van der Waals surface area contributed by atoms with Crippen LogP contribution in [-0.2, 0) is 6.54 Å². The fraction of sp³-hybridized carbons (Fsp3) is 0.353. The van der Waals surface area contributed by atoms with Gasteiger partial charge in [-0.25, -0.2) is 0 Å². The van der Waals surface area contributed by atoms with Gasteiger partial charge in [0.1, 0.15) is 10.9 Å². The second-order valence-electron chi connectivity index (χ2n) is 5.30. The predicted octanol–water partition coefficient (Wildman–Crippen LogP) is 4.59. The maximum absolute atomic E-state index is 8.82. The van der Waals surface area contributed by atoms with Crippen molar-refractivity contribution in [1.82, 2.24) is 5.32 Å². The van der Waals surface area contributed by atoms with Crippen LogP contribution in [0.4, 0.5) is 0 Å². The molecule has 0 saturated carbocycles. The van der Waals surface area contributed by atoms with E-state index in [2.05, 4.69) is 56.4 Å². The Bertz CT molecular complexity index is 590. The van der Waals surface area contributed by atoms with Crippen LogP contribution in [0.2, 0.25) is 0 Å². The number of nitrogens with zero attached hydrogens (tertiary/aromatic N) is 1. The third-order valence-corrected chi connectivity index (χ3v) is 4.45. The number of rotatable bonds is 5. The van der Waals surface area contributed by atoms with Gasteiger partial charge in [-0.2, -0.15) is 5.26 Å². The summed E-state index contributed by atoms with van der Waals surface area (Å²) in [4.78, 5) is 1.97. The standard InChI is InChI=1S/C17H20N2S/c1-12(2)14-4-6-15(7-5-14)13(3)19-11-17-9-8-16(10-18)20-17/h4-9,12-13,19H,11H2,1-3H3. The summed E-state index contributed by atoms with van der Waals surface area (Å²) in [6.45, 7) is 7.39. The second-order valence-corrected chi connectivity index (χ2v) is 6.47. The molecule has 0 spiro atoms. The molecule has 1 aromatic carbocycles. The van der Waals surface area contributed by atoms with Gasteiger partial charge in [-0.1, -0.05) is 38.1 Å². The number of hydrogen-bond donors (Lipinski definition) is 1. The van der Waals surface area contributed by atoms with Crippen molar-refractivity contribution in [2.75, 3.05) is 0 Å². The minimum atomic E-state index is 0.309. The highest BCUT2D eigenvalue weighted by atomic mass is 32.1. The smallest absolute Gasteiger partial charge is 0.110 e. The number of hydrogen-bond acceptors (Lipinski definition) is 3. The van der Waals surface area contributed by atoms with Gasteiger partial charge in [-0.15, -0.1) is 11.3 Å². The Labute approximate surface area is 125 Å². The molecule has 0 bridgehead atoms. The van der Waals surface area contributed by atoms with Gasteiger partial charge < -0.3 is 5.32 Å². The van der Waals surface area contributed by atoms with Crippen molar-refractivity contribution in [2.24, 2.45) is 0 Å². The average molecular weight is 284 g/mol. The predicted molar refractivity (Wildman–Crippen MR) is 84.8 cm³/mol. The van der Waals surface area contributed by atoms with E-state index >= 15 is 0 Å². The van der Waals surface area contributed by atoms with E-state index in [1.807, 2.05) is 12.1 Å². The highest BCUT2D eigenvalue weighted by Gasteiger charge is 2.07. The SMILES string of the molecule is CC(C)c1ccc(C(C)NCc2ccc(C#N)s2)cc1. The fourth-order valence-corrected chi connectivity index (χ4v) is 2.83. The summed E-state index contributed by atoms with van der Waals surface area (Å²) in [7, 11) is 0. The Morgan fingerprint density at radius 1 is 1.05 bits per heavy atom. The van der Waals surface area contributed by atoms with E-state index in [0.717, 1.165) is 11.4 Å². The first kappa shape index (κ1) is 14.8. The molecular weight excluding hydrogens is 264 g/mol. The van der Waals surface area contributed by atoms with Crippen LogP contribution in [0.3, 0.4) is 0 Å². The molecule has 0 aliphatic heterocycles. The lowest BCUT2D eigenvalue weighted by Gasteiger charge is -2.15. The molecule has 0 saturated heterocycles. The summed E-state index contributed by atoms with van der Waals surface area (Å²) >= 11 is 1.55. The van der Waals surface area contributed by atoms with E-state index in [9.17, 15) is 0 Å². The van der Waals surface area contributed by atoms with Crippen LogP contribution in [0, 0.1) is 11.3 Å². The van der Waals surface area contributed by atoms with Crippen molar-refractivity contribution in [3.8, 4) is 6.07 Å². The van der Waals surface area contributed by atoms with Gasteiger partial charge in [0.25, 0.3) is 0 Å². The third kappa shape index (κ3) is 3.69. The zero-order valence-corrected chi connectivity index (χ0v) is 13.0. The van der Waals surface area contributed by atoms with Crippen molar-refractivity contribution in [1.29, 1.82) is 5.26 Å². The minimum Gasteiger partial charge on any atom is -0.305 e. The normalized spacial score (nSPS) is 12.3. The molecule has 0 aliphatic rings. The molecule has 0 fully saturated rings. The number of nitrogens with one attached hydrogen (secondary N) is 1. The van der Waals surface area contributed by atoms with Gasteiger partial charge in [0, 0.05) is 17.5 Å². The first-order valence-electron chi connectivity index (χ1n) is 6.92. The van der Waals surface area contributed by atoms with Crippen molar-refractivity contribution in [3.05, 3.63) is 57.3 Å². The minimum absolute atomic E-state index is 0.309. The van der Waals surface area contributed by atoms with Crippen molar-refractivity contribution in [3.63, 3.8) is 0 Å². The molecule has 1 aromatic heterocycles. The number of benzene rings is 1. The van der Waals surface area contributed by atoms with Gasteiger partial charge in [-0.3, -0.25) is 0 Å². The highest BCUT2D eigenvalue weighted by Crippen LogP contribution is 2.20. The van der Waals surface area contributed by atoms with Gasteiger partial charge in [0.15, 0.2) is 0 Å². The molecule has 2 nitrogen and oxygen atoms in total. The first-order valence-corrected chi connectivity index (χ1v) is 7.74. The Morgan fingerprint density at radius 2 is 1.70 bits per heavy atom. The molecule has 0 amide bonds. The molecular formula is C17H20N2S. The Balaban J connectivity index is 1.94. The van der Waals surface area contributed by atoms with Crippen molar-refractivity contribution >= 4 is 11.3 Å². The van der Waals surface area contributed by atoms with E-state index in [1.165, 1.54) is 16.0 Å². The lowest BCUT2D eigenvalue weighted by molar-refractivity contribution is 0.578. The number of nitriles is 1. The fourth-order valence-electron chi connectivity index (χ4n) is 2.07. The molecule has 1 atom stereocenters. The maximum atomic E-state index is 8.82. The Morgan fingerprint density at radius 3 is 2.25 bits per heavy atom. The van der Waals surface area contributed by atoms with Crippen LogP contribution in [-0.4, -0.2) is 0 Å². The van der Waals surface area contributed by atoms with Crippen LogP contribution in [0.15, 0.2) is 36.4 Å². The monoisotopic (exact) mass is 284 g/mol. The van der Waals surface area contributed by atoms with E-state index in [1.54, 1.807) is 11.3 Å². The summed E-state index contributed by atoms with van der Waals surface area (Å²) in [5, 5.41) is 12.3. The maximum Gasteiger partial charge on any atom is 0.110 e. The van der Waals surface area contributed by atoms with E-state index in [-0.39, 0.29) is 0 Å². The van der Waals surface area contributed by atoms with Crippen LogP contribution in [0.1, 0.15) is 53.6 Å². The highest BCUT2D eigenvalue weighted by molar-refractivity contribution is 7.12. The van der Waals surface area contributed by atoms with E-state index in [0.29, 0.717) is 12.0 Å². The van der Waals surface area contributed by atoms with Crippen LogP contribution >= 0.6 is 11.3 Å². The van der Waals surface area contributed by atoms with Crippen molar-refractivity contribution < 1.29 is 0 Å². The van der Waals surface area contributed by atoms with Crippen LogP contribution in [0.5, 0.6) is 0 Å². The molecule has 2 aromatic rings. The summed E-state index contributed by atoms with van der Waals surface area (Å²) in [5.74, 6) is 0.572. The summed E-state index contributed by atoms with van der Waals surface area (Å²) < 4.78 is 0. The average Bonchev–Trinajstić information content (AvgIpc) is 2.93. The Kier molecular flexibility index (Phi) is 4.94. The van der Waals surface area contributed by atoms with Crippen LogP contribution in [0.25, 0.3) is 0 Å². The first-order chi connectivity index (χ1) is 9.60. The van der Waals surface area contributed by atoms with Gasteiger partial charge >= 0.3 is 0 Å². The topological polar surface area (TPSA) is 35.8 Å². The summed E-state index contributed by atoms with van der Waals surface area (Å²) in [6, 6.07) is 15.2. The largest absolute Gasteiger partial charge is 0.305 e. The summed E-state index contributed by atoms with van der Waals surface area (Å²) in [5.41, 5.74) is 2.67. The molecule has 0 aliphatic carbocycles. The molecule has 0 radical (unpaired) electrons. The van der Waals surface area contributed by atoms with Crippen molar-refractivity contribution in [2.45, 2.75) is 39.3 Å². The Hall–Kier alpha value is -1.63. The number of thiophene rings is 1. The van der Waals surface area contributed by atoms with Gasteiger partial charge in [0.05, 0.1) is 0 Å². The van der Waals surface area contributed by atoms with Crippen LogP contribution < -0.4 is 5.32 Å². The quantitative estimate of drug-likeness (QED) is 0.871. The molecule has 1 unspecified atom stereocenters. The lowest BCUT2D eigenvalue weighted by Crippen LogP contribution is -2.17.